The smallest absolute Gasteiger partial charge is 0.225 e. The Bertz CT molecular complexity index is 477. The molecule has 0 bridgehead atoms. The molecule has 1 amide bonds. The van der Waals surface area contributed by atoms with Gasteiger partial charge in [0.25, 0.3) is 0 Å². The molecule has 102 valence electrons. The fraction of sp³-hybridized carbons (Fsp3) is 0.385. The van der Waals surface area contributed by atoms with Crippen LogP contribution in [-0.2, 0) is 4.79 Å². The number of carbonyl (C=O) groups is 1. The fourth-order valence-corrected chi connectivity index (χ4v) is 3.58. The molecule has 1 N–H and O–H groups in total. The Morgan fingerprint density at radius 2 is 2.47 bits per heavy atom. The summed E-state index contributed by atoms with van der Waals surface area (Å²) in [6.45, 7) is 0.906. The third-order valence-electron chi connectivity index (χ3n) is 2.47. The third kappa shape index (κ3) is 4.80. The number of amides is 1. The zero-order chi connectivity index (χ0) is 13.5. The number of benzene rings is 1. The molecule has 0 aromatic heterocycles. The predicted octanol–water partition coefficient (Wildman–Crippen LogP) is 2.86. The molecule has 0 unspecified atom stereocenters. The van der Waals surface area contributed by atoms with Crippen LogP contribution in [0, 0.1) is 0 Å². The van der Waals surface area contributed by atoms with Gasteiger partial charge in [-0.2, -0.15) is 0 Å². The van der Waals surface area contributed by atoms with Crippen molar-refractivity contribution in [2.24, 2.45) is 4.99 Å². The number of nitrogens with one attached hydrogen (secondary N) is 1. The number of rotatable bonds is 5. The molecule has 6 heteroatoms. The third-order valence-corrected chi connectivity index (χ3v) is 4.72. The second kappa shape index (κ2) is 7.45. The Morgan fingerprint density at radius 1 is 1.58 bits per heavy atom. The van der Waals surface area contributed by atoms with E-state index in [0.717, 1.165) is 33.9 Å². The molecule has 0 atom stereocenters. The molecule has 1 aliphatic rings. The van der Waals surface area contributed by atoms with Crippen molar-refractivity contribution in [3.05, 3.63) is 24.3 Å². The highest BCUT2D eigenvalue weighted by atomic mass is 32.2. The number of hydrogen-bond donors (Lipinski definition) is 1. The van der Waals surface area contributed by atoms with Gasteiger partial charge in [-0.1, -0.05) is 29.6 Å². The van der Waals surface area contributed by atoms with Gasteiger partial charge in [-0.15, -0.1) is 0 Å². The highest BCUT2D eigenvalue weighted by Gasteiger charge is 2.09. The minimum absolute atomic E-state index is 0.0179. The largest absolute Gasteiger partial charge is 0.497 e. The van der Waals surface area contributed by atoms with Crippen LogP contribution in [0.2, 0.25) is 0 Å². The Kier molecular flexibility index (Phi) is 5.60. The average Bonchev–Trinajstić information content (AvgIpc) is 2.92. The summed E-state index contributed by atoms with van der Waals surface area (Å²) in [5.41, 5.74) is 0.766. The molecule has 19 heavy (non-hydrogen) atoms. The van der Waals surface area contributed by atoms with Gasteiger partial charge < -0.3 is 10.1 Å². The van der Waals surface area contributed by atoms with Crippen LogP contribution in [0.3, 0.4) is 0 Å². The molecule has 0 spiro atoms. The van der Waals surface area contributed by atoms with E-state index in [4.69, 9.17) is 4.74 Å². The van der Waals surface area contributed by atoms with Gasteiger partial charge in [0, 0.05) is 29.7 Å². The fourth-order valence-electron chi connectivity index (χ4n) is 1.56. The van der Waals surface area contributed by atoms with E-state index >= 15 is 0 Å². The molecule has 0 fully saturated rings. The van der Waals surface area contributed by atoms with Gasteiger partial charge in [0.1, 0.15) is 10.1 Å². The summed E-state index contributed by atoms with van der Waals surface area (Å²) in [5, 5.41) is 2.86. The van der Waals surface area contributed by atoms with E-state index in [0.29, 0.717) is 6.42 Å². The first-order valence-electron chi connectivity index (χ1n) is 6.02. The summed E-state index contributed by atoms with van der Waals surface area (Å²) >= 11 is 3.43. The monoisotopic (exact) mass is 296 g/mol. The van der Waals surface area contributed by atoms with Crippen LogP contribution >= 0.6 is 23.5 Å². The Balaban J connectivity index is 1.74. The first-order chi connectivity index (χ1) is 9.28. The maximum absolute atomic E-state index is 11.8. The molecule has 1 aromatic rings. The van der Waals surface area contributed by atoms with Crippen LogP contribution in [0.1, 0.15) is 6.42 Å². The van der Waals surface area contributed by atoms with E-state index in [1.165, 1.54) is 0 Å². The summed E-state index contributed by atoms with van der Waals surface area (Å²) in [5.74, 6) is 2.59. The zero-order valence-electron chi connectivity index (χ0n) is 10.7. The van der Waals surface area contributed by atoms with Crippen LogP contribution in [-0.4, -0.2) is 35.4 Å². The molecular formula is C13H16N2O2S2. The summed E-state index contributed by atoms with van der Waals surface area (Å²) in [7, 11) is 1.61. The van der Waals surface area contributed by atoms with E-state index < -0.39 is 0 Å². The zero-order valence-corrected chi connectivity index (χ0v) is 12.4. The van der Waals surface area contributed by atoms with E-state index in [9.17, 15) is 4.79 Å². The lowest BCUT2D eigenvalue weighted by molar-refractivity contribution is -0.115. The SMILES string of the molecule is COc1cccc(NC(=O)CCSC2=NCCS2)c1. The topological polar surface area (TPSA) is 50.7 Å². The second-order valence-corrected chi connectivity index (χ2v) is 6.30. The minimum atomic E-state index is 0.0179. The number of thioether (sulfide) groups is 2. The summed E-state index contributed by atoms with van der Waals surface area (Å²) in [6.07, 6.45) is 0.488. The lowest BCUT2D eigenvalue weighted by Crippen LogP contribution is -2.12. The number of aliphatic imine (C=N–C) groups is 1. The lowest BCUT2D eigenvalue weighted by atomic mass is 10.3. The summed E-state index contributed by atoms with van der Waals surface area (Å²) in [6, 6.07) is 7.36. The van der Waals surface area contributed by atoms with E-state index in [2.05, 4.69) is 10.3 Å². The van der Waals surface area contributed by atoms with Crippen molar-refractivity contribution in [1.29, 1.82) is 0 Å². The molecule has 1 aliphatic heterocycles. The van der Waals surface area contributed by atoms with Crippen LogP contribution in [0.5, 0.6) is 5.75 Å². The summed E-state index contributed by atoms with van der Waals surface area (Å²) in [4.78, 5) is 16.1. The van der Waals surface area contributed by atoms with Crippen molar-refractivity contribution in [2.75, 3.05) is 30.5 Å². The molecule has 4 nitrogen and oxygen atoms in total. The van der Waals surface area contributed by atoms with E-state index in [-0.39, 0.29) is 5.91 Å². The molecular weight excluding hydrogens is 280 g/mol. The molecule has 0 aliphatic carbocycles. The number of carbonyl (C=O) groups excluding carboxylic acids is 1. The van der Waals surface area contributed by atoms with Crippen molar-refractivity contribution < 1.29 is 9.53 Å². The van der Waals surface area contributed by atoms with Gasteiger partial charge in [-0.3, -0.25) is 9.79 Å². The number of hydrogen-bond acceptors (Lipinski definition) is 5. The van der Waals surface area contributed by atoms with Gasteiger partial charge in [0.2, 0.25) is 5.91 Å². The normalized spacial score (nSPS) is 14.1. The van der Waals surface area contributed by atoms with Crippen LogP contribution in [0.25, 0.3) is 0 Å². The van der Waals surface area contributed by atoms with Crippen molar-refractivity contribution in [1.82, 2.24) is 0 Å². The van der Waals surface area contributed by atoms with Gasteiger partial charge in [0.15, 0.2) is 0 Å². The number of anilines is 1. The first kappa shape index (κ1) is 14.3. The molecule has 1 aromatic carbocycles. The quantitative estimate of drug-likeness (QED) is 0.907. The van der Waals surface area contributed by atoms with Crippen molar-refractivity contribution in [3.8, 4) is 5.75 Å². The van der Waals surface area contributed by atoms with Crippen molar-refractivity contribution in [2.45, 2.75) is 6.42 Å². The average molecular weight is 296 g/mol. The van der Waals surface area contributed by atoms with Gasteiger partial charge in [-0.25, -0.2) is 0 Å². The van der Waals surface area contributed by atoms with Crippen molar-refractivity contribution in [3.63, 3.8) is 0 Å². The first-order valence-corrected chi connectivity index (χ1v) is 7.99. The highest BCUT2D eigenvalue weighted by Crippen LogP contribution is 2.22. The van der Waals surface area contributed by atoms with Crippen LogP contribution < -0.4 is 10.1 Å². The lowest BCUT2D eigenvalue weighted by Gasteiger charge is -2.06. The number of ether oxygens (including phenoxy) is 1. The Morgan fingerprint density at radius 3 is 3.21 bits per heavy atom. The maximum atomic E-state index is 11.8. The molecule has 0 saturated heterocycles. The molecule has 1 heterocycles. The Labute approximate surface area is 121 Å². The number of nitrogens with zero attached hydrogens (tertiary/aromatic N) is 1. The number of methoxy groups -OCH3 is 1. The van der Waals surface area contributed by atoms with Gasteiger partial charge in [-0.05, 0) is 12.1 Å². The minimum Gasteiger partial charge on any atom is -0.497 e. The maximum Gasteiger partial charge on any atom is 0.225 e. The van der Waals surface area contributed by atoms with E-state index in [1.54, 1.807) is 30.6 Å². The van der Waals surface area contributed by atoms with E-state index in [1.807, 2.05) is 24.3 Å². The van der Waals surface area contributed by atoms with Crippen LogP contribution in [0.15, 0.2) is 29.3 Å². The van der Waals surface area contributed by atoms with Gasteiger partial charge >= 0.3 is 0 Å². The predicted molar refractivity (Wildman–Crippen MR) is 83.5 cm³/mol. The molecule has 2 rings (SSSR count). The van der Waals surface area contributed by atoms with Crippen LogP contribution in [0.4, 0.5) is 5.69 Å². The highest BCUT2D eigenvalue weighted by molar-refractivity contribution is 8.39. The second-order valence-electron chi connectivity index (χ2n) is 3.87. The molecule has 0 saturated carbocycles. The molecule has 0 radical (unpaired) electrons. The summed E-state index contributed by atoms with van der Waals surface area (Å²) < 4.78 is 6.22. The standard InChI is InChI=1S/C13H16N2O2S2/c1-17-11-4-2-3-10(9-11)15-12(16)5-7-18-13-14-6-8-19-13/h2-4,9H,5-8H2,1H3,(H,15,16). The van der Waals surface area contributed by atoms with Crippen molar-refractivity contribution >= 4 is 39.5 Å². The Hall–Kier alpha value is -1.14. The van der Waals surface area contributed by atoms with Gasteiger partial charge in [0.05, 0.1) is 13.7 Å².